The Morgan fingerprint density at radius 1 is 1.11 bits per heavy atom. The van der Waals surface area contributed by atoms with Crippen LogP contribution in [-0.4, -0.2) is 57.5 Å². The van der Waals surface area contributed by atoms with Gasteiger partial charge in [-0.1, -0.05) is 30.3 Å². The van der Waals surface area contributed by atoms with Crippen molar-refractivity contribution in [1.29, 1.82) is 0 Å². The fraction of sp³-hybridized carbons (Fsp3) is 0.367. The first-order valence-electron chi connectivity index (χ1n) is 13.9. The van der Waals surface area contributed by atoms with E-state index in [1.165, 1.54) is 16.6 Å². The molecule has 2 aromatic heterocycles. The van der Waals surface area contributed by atoms with Crippen LogP contribution in [0.15, 0.2) is 59.6 Å². The lowest BCUT2D eigenvalue weighted by Gasteiger charge is -2.27. The van der Waals surface area contributed by atoms with E-state index in [9.17, 15) is 31.5 Å². The molecule has 6 rings (SSSR count). The molecule has 0 saturated carbocycles. The van der Waals surface area contributed by atoms with Gasteiger partial charge >= 0.3 is 12.1 Å². The summed E-state index contributed by atoms with van der Waals surface area (Å²) in [6, 6.07) is 14.0. The van der Waals surface area contributed by atoms with Crippen molar-refractivity contribution in [2.75, 3.05) is 18.0 Å². The molecule has 1 N–H and O–H groups in total. The number of halogens is 3. The van der Waals surface area contributed by atoms with Gasteiger partial charge in [-0.05, 0) is 72.7 Å². The molecule has 234 valence electrons. The third-order valence-electron chi connectivity index (χ3n) is 8.58. The van der Waals surface area contributed by atoms with E-state index >= 15 is 0 Å². The molecule has 4 heterocycles. The van der Waals surface area contributed by atoms with Crippen LogP contribution in [0.3, 0.4) is 0 Å². The average Bonchev–Trinajstić information content (AvgIpc) is 3.59. The van der Waals surface area contributed by atoms with Gasteiger partial charge in [-0.25, -0.2) is 8.42 Å². The van der Waals surface area contributed by atoms with Crippen LogP contribution in [-0.2, 0) is 27.5 Å². The van der Waals surface area contributed by atoms with Crippen molar-refractivity contribution in [3.8, 4) is 0 Å². The summed E-state index contributed by atoms with van der Waals surface area (Å²) in [7, 11) is -3.83. The number of nitrogens with zero attached hydrogens (tertiary/aromatic N) is 5. The molecule has 4 aromatic rings. The number of para-hydroxylation sites is 1. The number of carboxylic acid groups (broad SMARTS) is 1. The Labute approximate surface area is 259 Å². The van der Waals surface area contributed by atoms with Gasteiger partial charge in [0.05, 0.1) is 12.1 Å². The number of carbonyl (C=O) groups is 1. The standard InChI is InChI=1S/C30H30F3N5O4S.H2S/c1-18-9-10-20(24(15-27(39)40)23-11-13-38-28(19(23)2)34-35-29(38)30(31,32)33)14-21(18)16-36-17-22-6-5-12-37(22)25-7-3-4-8-26(25)43(36,41)42;/h3-4,7-11,13-14,22,24H,5-6,12,15-17H2,1-2H3,(H,39,40);1H2/t22-,24-;/m0./s1. The predicted molar refractivity (Wildman–Crippen MR) is 163 cm³/mol. The maximum absolute atomic E-state index is 13.9. The van der Waals surface area contributed by atoms with Gasteiger partial charge in [-0.15, -0.1) is 10.2 Å². The smallest absolute Gasteiger partial charge is 0.452 e. The number of anilines is 1. The van der Waals surface area contributed by atoms with Crippen molar-refractivity contribution in [3.63, 3.8) is 0 Å². The molecule has 2 aliphatic rings. The van der Waals surface area contributed by atoms with Crippen molar-refractivity contribution in [1.82, 2.24) is 18.9 Å². The summed E-state index contributed by atoms with van der Waals surface area (Å²) < 4.78 is 70.5. The number of carboxylic acids is 1. The molecule has 0 unspecified atom stereocenters. The number of hydrogen-bond donors (Lipinski definition) is 1. The summed E-state index contributed by atoms with van der Waals surface area (Å²) >= 11 is 0. The van der Waals surface area contributed by atoms with Crippen LogP contribution < -0.4 is 4.90 Å². The molecule has 0 bridgehead atoms. The zero-order valence-electron chi connectivity index (χ0n) is 24.0. The maximum atomic E-state index is 13.9. The zero-order chi connectivity index (χ0) is 30.7. The van der Waals surface area contributed by atoms with E-state index in [0.717, 1.165) is 34.9 Å². The topological polar surface area (TPSA) is 108 Å². The predicted octanol–water partition coefficient (Wildman–Crippen LogP) is 5.26. The van der Waals surface area contributed by atoms with Crippen LogP contribution in [0.5, 0.6) is 0 Å². The first-order valence-corrected chi connectivity index (χ1v) is 15.4. The third-order valence-corrected chi connectivity index (χ3v) is 10.4. The monoisotopic (exact) mass is 647 g/mol. The lowest BCUT2D eigenvalue weighted by atomic mass is 9.85. The summed E-state index contributed by atoms with van der Waals surface area (Å²) in [5, 5.41) is 16.9. The van der Waals surface area contributed by atoms with E-state index in [4.69, 9.17) is 0 Å². The summed E-state index contributed by atoms with van der Waals surface area (Å²) in [5.41, 5.74) is 3.77. The highest BCUT2D eigenvalue weighted by Gasteiger charge is 2.40. The van der Waals surface area contributed by atoms with Crippen LogP contribution in [0.4, 0.5) is 18.9 Å². The quantitative estimate of drug-likeness (QED) is 0.304. The fourth-order valence-corrected chi connectivity index (χ4v) is 8.05. The first-order chi connectivity index (χ1) is 20.4. The number of aromatic nitrogens is 3. The fourth-order valence-electron chi connectivity index (χ4n) is 6.40. The van der Waals surface area contributed by atoms with Gasteiger partial charge in [0.2, 0.25) is 15.8 Å². The minimum absolute atomic E-state index is 0. The molecule has 0 spiro atoms. The lowest BCUT2D eigenvalue weighted by molar-refractivity contribution is -0.145. The molecular weight excluding hydrogens is 615 g/mol. The Morgan fingerprint density at radius 3 is 2.59 bits per heavy atom. The molecule has 0 radical (unpaired) electrons. The molecule has 2 aliphatic heterocycles. The Balaban J connectivity index is 0.00000384. The summed E-state index contributed by atoms with van der Waals surface area (Å²) in [6.45, 7) is 4.67. The second-order valence-corrected chi connectivity index (χ2v) is 13.1. The van der Waals surface area contributed by atoms with Gasteiger partial charge in [-0.3, -0.25) is 9.20 Å². The van der Waals surface area contributed by atoms with Gasteiger partial charge < -0.3 is 10.0 Å². The number of fused-ring (bicyclic) bond motifs is 4. The number of sulfonamides is 1. The highest BCUT2D eigenvalue weighted by atomic mass is 32.2. The van der Waals surface area contributed by atoms with Crippen LogP contribution in [0.25, 0.3) is 5.65 Å². The molecule has 0 aliphatic carbocycles. The van der Waals surface area contributed by atoms with Crippen molar-refractivity contribution in [3.05, 3.63) is 88.4 Å². The molecule has 1 fully saturated rings. The number of aryl methyl sites for hydroxylation is 2. The Morgan fingerprint density at radius 2 is 1.86 bits per heavy atom. The number of pyridine rings is 1. The molecule has 9 nitrogen and oxygen atoms in total. The highest BCUT2D eigenvalue weighted by Crippen LogP contribution is 2.39. The lowest BCUT2D eigenvalue weighted by Crippen LogP contribution is -2.39. The minimum atomic E-state index is -4.70. The number of hydrogen-bond acceptors (Lipinski definition) is 6. The van der Waals surface area contributed by atoms with Gasteiger partial charge in [0.15, 0.2) is 5.65 Å². The number of alkyl halides is 3. The van der Waals surface area contributed by atoms with Crippen LogP contribution in [0.1, 0.15) is 58.8 Å². The van der Waals surface area contributed by atoms with E-state index in [1.807, 2.05) is 31.2 Å². The molecule has 14 heteroatoms. The Kier molecular flexibility index (Phi) is 8.46. The van der Waals surface area contributed by atoms with Gasteiger partial charge in [0.25, 0.3) is 0 Å². The maximum Gasteiger partial charge on any atom is 0.452 e. The molecular formula is C30H32F3N5O4S2. The zero-order valence-corrected chi connectivity index (χ0v) is 25.9. The number of aliphatic carboxylic acids is 1. The molecule has 1 saturated heterocycles. The van der Waals surface area contributed by atoms with Crippen molar-refractivity contribution in [2.24, 2.45) is 0 Å². The normalized spacial score (nSPS) is 18.8. The van der Waals surface area contributed by atoms with Crippen LogP contribution in [0.2, 0.25) is 0 Å². The van der Waals surface area contributed by atoms with Gasteiger partial charge in [-0.2, -0.15) is 31.0 Å². The second kappa shape index (κ2) is 11.7. The van der Waals surface area contributed by atoms with E-state index in [1.54, 1.807) is 25.1 Å². The van der Waals surface area contributed by atoms with Gasteiger partial charge in [0.1, 0.15) is 4.90 Å². The van der Waals surface area contributed by atoms with Crippen molar-refractivity contribution < 1.29 is 31.5 Å². The summed E-state index contributed by atoms with van der Waals surface area (Å²) in [4.78, 5) is 14.5. The third kappa shape index (κ3) is 5.54. The SMILES string of the molecule is Cc1ccc([C@H](CC(=O)O)c2ccn3c(C(F)(F)F)nnc3c2C)cc1CN1C[C@@H]2CCCN2c2ccccc2S1(=O)=O.S. The highest BCUT2D eigenvalue weighted by molar-refractivity contribution is 7.89. The molecule has 2 aromatic carbocycles. The number of benzene rings is 2. The average molecular weight is 648 g/mol. The van der Waals surface area contributed by atoms with E-state index < -0.39 is 33.9 Å². The van der Waals surface area contributed by atoms with Crippen molar-refractivity contribution in [2.45, 2.75) is 62.7 Å². The summed E-state index contributed by atoms with van der Waals surface area (Å²) in [6.07, 6.45) is -1.98. The largest absolute Gasteiger partial charge is 0.481 e. The Hall–Kier alpha value is -3.62. The van der Waals surface area contributed by atoms with Gasteiger partial charge in [0, 0.05) is 37.8 Å². The Bertz CT molecular complexity index is 1840. The van der Waals surface area contributed by atoms with Crippen molar-refractivity contribution >= 4 is 40.8 Å². The number of rotatable bonds is 6. The summed E-state index contributed by atoms with van der Waals surface area (Å²) in [5.74, 6) is -2.97. The van der Waals surface area contributed by atoms with Crippen LogP contribution >= 0.6 is 13.5 Å². The molecule has 2 atom stereocenters. The van der Waals surface area contributed by atoms with Crippen LogP contribution in [0, 0.1) is 13.8 Å². The van der Waals surface area contributed by atoms with E-state index in [-0.39, 0.29) is 43.0 Å². The second-order valence-electron chi connectivity index (χ2n) is 11.2. The first kappa shape index (κ1) is 31.8. The van der Waals surface area contributed by atoms with E-state index in [2.05, 4.69) is 15.1 Å². The molecule has 44 heavy (non-hydrogen) atoms. The molecule has 0 amide bonds. The minimum Gasteiger partial charge on any atom is -0.481 e. The van der Waals surface area contributed by atoms with E-state index in [0.29, 0.717) is 28.9 Å².